The summed E-state index contributed by atoms with van der Waals surface area (Å²) in [5, 5.41) is 10.5. The molecule has 0 amide bonds. The van der Waals surface area contributed by atoms with E-state index in [0.717, 1.165) is 4.88 Å². The van der Waals surface area contributed by atoms with Crippen molar-refractivity contribution in [1.29, 1.82) is 5.26 Å². The lowest BCUT2D eigenvalue weighted by molar-refractivity contribution is 0.442. The van der Waals surface area contributed by atoms with E-state index in [0.29, 0.717) is 17.2 Å². The molecule has 0 spiro atoms. The van der Waals surface area contributed by atoms with Gasteiger partial charge >= 0.3 is 0 Å². The van der Waals surface area contributed by atoms with Crippen molar-refractivity contribution in [2.75, 3.05) is 0 Å². The number of allylic oxidation sites excluding steroid dienone is 1. The molecule has 0 aliphatic heterocycles. The maximum atomic E-state index is 9.30. The number of nitrogens with zero attached hydrogens (tertiary/aromatic N) is 4. The van der Waals surface area contributed by atoms with Crippen LogP contribution in [0.4, 0.5) is 0 Å². The van der Waals surface area contributed by atoms with Crippen LogP contribution in [0.2, 0.25) is 0 Å². The lowest BCUT2D eigenvalue weighted by Gasteiger charge is -2.18. The minimum atomic E-state index is 0.552. The first-order chi connectivity index (χ1) is 10.4. The summed E-state index contributed by atoms with van der Waals surface area (Å²) in [7, 11) is 0. The van der Waals surface area contributed by atoms with E-state index in [1.807, 2.05) is 12.3 Å². The van der Waals surface area contributed by atoms with Crippen LogP contribution in [-0.4, -0.2) is 15.0 Å². The largest absolute Gasteiger partial charge is 0.249 e. The highest BCUT2D eigenvalue weighted by molar-refractivity contribution is 7.12. The molecule has 2 aromatic rings. The van der Waals surface area contributed by atoms with Crippen molar-refractivity contribution < 1.29 is 0 Å². The third-order valence-electron chi connectivity index (χ3n) is 3.76. The molecule has 2 aromatic heterocycles. The predicted molar refractivity (Wildman–Crippen MR) is 83.5 cm³/mol. The van der Waals surface area contributed by atoms with Crippen molar-refractivity contribution >= 4 is 23.0 Å². The summed E-state index contributed by atoms with van der Waals surface area (Å²) in [4.78, 5) is 13.6. The molecule has 0 radical (unpaired) electrons. The van der Waals surface area contributed by atoms with E-state index in [4.69, 9.17) is 0 Å². The fraction of sp³-hybridized carbons (Fsp3) is 0.375. The Balaban J connectivity index is 1.82. The fourth-order valence-electron chi connectivity index (χ4n) is 2.66. The third kappa shape index (κ3) is 3.34. The predicted octanol–water partition coefficient (Wildman–Crippen LogP) is 4.04. The highest BCUT2D eigenvalue weighted by Gasteiger charge is 2.18. The zero-order valence-corrected chi connectivity index (χ0v) is 12.5. The summed E-state index contributed by atoms with van der Waals surface area (Å²) >= 11 is 1.70. The van der Waals surface area contributed by atoms with E-state index < -0.39 is 0 Å². The van der Waals surface area contributed by atoms with E-state index in [1.54, 1.807) is 23.6 Å². The lowest BCUT2D eigenvalue weighted by atomic mass is 9.90. The Morgan fingerprint density at radius 2 is 2.14 bits per heavy atom. The number of rotatable bonds is 3. The number of nitriles is 1. The average molecular weight is 296 g/mol. The number of aromatic nitrogens is 3. The molecule has 1 fully saturated rings. The van der Waals surface area contributed by atoms with Gasteiger partial charge in [-0.2, -0.15) is 5.26 Å². The van der Waals surface area contributed by atoms with Gasteiger partial charge in [-0.05, 0) is 25.0 Å². The van der Waals surface area contributed by atoms with Crippen molar-refractivity contribution in [2.24, 2.45) is 0 Å². The summed E-state index contributed by atoms with van der Waals surface area (Å²) < 4.78 is 0. The SMILES string of the molecule is N#C/C(=C\c1cnc(C2CCCCC2)s1)c1ccncn1. The number of hydrogen-bond acceptors (Lipinski definition) is 5. The molecule has 0 atom stereocenters. The van der Waals surface area contributed by atoms with Crippen molar-refractivity contribution in [3.05, 3.63) is 40.4 Å². The second kappa shape index (κ2) is 6.59. The average Bonchev–Trinajstić information content (AvgIpc) is 3.03. The van der Waals surface area contributed by atoms with Crippen molar-refractivity contribution in [2.45, 2.75) is 38.0 Å². The monoisotopic (exact) mass is 296 g/mol. The van der Waals surface area contributed by atoms with E-state index in [1.165, 1.54) is 43.4 Å². The van der Waals surface area contributed by atoms with Crippen molar-refractivity contribution in [3.63, 3.8) is 0 Å². The Kier molecular flexibility index (Phi) is 4.37. The number of thiazole rings is 1. The van der Waals surface area contributed by atoms with Gasteiger partial charge < -0.3 is 0 Å². The van der Waals surface area contributed by atoms with Gasteiger partial charge in [-0.25, -0.2) is 15.0 Å². The molecule has 106 valence electrons. The smallest absolute Gasteiger partial charge is 0.116 e. The van der Waals surface area contributed by atoms with Crippen LogP contribution in [0, 0.1) is 11.3 Å². The molecular weight excluding hydrogens is 280 g/mol. The molecule has 0 N–H and O–H groups in total. The second-order valence-electron chi connectivity index (χ2n) is 5.20. The summed E-state index contributed by atoms with van der Waals surface area (Å²) in [5.74, 6) is 0.607. The summed E-state index contributed by atoms with van der Waals surface area (Å²) in [5.41, 5.74) is 1.20. The quantitative estimate of drug-likeness (QED) is 0.802. The standard InChI is InChI=1S/C16H16N4S/c17-9-13(15-6-7-18-11-20-15)8-14-10-19-16(21-14)12-4-2-1-3-5-12/h6-8,10-12H,1-5H2/b13-8+. The highest BCUT2D eigenvalue weighted by Crippen LogP contribution is 2.35. The number of hydrogen-bond donors (Lipinski definition) is 0. The van der Waals surface area contributed by atoms with Crippen LogP contribution in [-0.2, 0) is 0 Å². The lowest BCUT2D eigenvalue weighted by Crippen LogP contribution is -2.03. The van der Waals surface area contributed by atoms with E-state index in [9.17, 15) is 5.26 Å². The van der Waals surface area contributed by atoms with E-state index >= 15 is 0 Å². The molecule has 4 nitrogen and oxygen atoms in total. The van der Waals surface area contributed by atoms with E-state index in [-0.39, 0.29) is 0 Å². The molecular formula is C16H16N4S. The van der Waals surface area contributed by atoms with Gasteiger partial charge in [0, 0.05) is 23.2 Å². The molecule has 0 bridgehead atoms. The summed E-state index contributed by atoms with van der Waals surface area (Å²) in [6, 6.07) is 3.95. The van der Waals surface area contributed by atoms with Gasteiger partial charge in [-0.3, -0.25) is 0 Å². The first-order valence-corrected chi connectivity index (χ1v) is 8.02. The Labute approximate surface area is 128 Å². The summed E-state index contributed by atoms with van der Waals surface area (Å²) in [6.07, 6.45) is 13.3. The Bertz CT molecular complexity index is 663. The zero-order valence-electron chi connectivity index (χ0n) is 11.7. The first-order valence-electron chi connectivity index (χ1n) is 7.21. The van der Waals surface area contributed by atoms with Crippen molar-refractivity contribution in [1.82, 2.24) is 15.0 Å². The molecule has 21 heavy (non-hydrogen) atoms. The van der Waals surface area contributed by atoms with Crippen LogP contribution in [0.1, 0.15) is 53.6 Å². The van der Waals surface area contributed by atoms with E-state index in [2.05, 4.69) is 21.0 Å². The van der Waals surface area contributed by atoms with Crippen LogP contribution in [0.25, 0.3) is 11.6 Å². The molecule has 3 rings (SSSR count). The van der Waals surface area contributed by atoms with Crippen LogP contribution in [0.5, 0.6) is 0 Å². The molecule has 2 heterocycles. The Hall–Kier alpha value is -2.06. The first kappa shape index (κ1) is 13.9. The fourth-order valence-corrected chi connectivity index (χ4v) is 3.69. The molecule has 0 saturated heterocycles. The van der Waals surface area contributed by atoms with Gasteiger partial charge in [-0.1, -0.05) is 19.3 Å². The Morgan fingerprint density at radius 3 is 2.86 bits per heavy atom. The molecule has 1 saturated carbocycles. The molecule has 1 aliphatic carbocycles. The molecule has 1 aliphatic rings. The van der Waals surface area contributed by atoms with Crippen LogP contribution in [0.15, 0.2) is 24.8 Å². The highest BCUT2D eigenvalue weighted by atomic mass is 32.1. The maximum Gasteiger partial charge on any atom is 0.116 e. The van der Waals surface area contributed by atoms with Gasteiger partial charge in [0.05, 0.1) is 16.3 Å². The molecule has 0 unspecified atom stereocenters. The van der Waals surface area contributed by atoms with Gasteiger partial charge in [0.1, 0.15) is 12.4 Å². The summed E-state index contributed by atoms with van der Waals surface area (Å²) in [6.45, 7) is 0. The van der Waals surface area contributed by atoms with Gasteiger partial charge in [0.25, 0.3) is 0 Å². The minimum absolute atomic E-state index is 0.552. The van der Waals surface area contributed by atoms with Crippen LogP contribution < -0.4 is 0 Å². The zero-order chi connectivity index (χ0) is 14.5. The van der Waals surface area contributed by atoms with Gasteiger partial charge in [0.15, 0.2) is 0 Å². The van der Waals surface area contributed by atoms with Crippen LogP contribution in [0.3, 0.4) is 0 Å². The Morgan fingerprint density at radius 1 is 1.29 bits per heavy atom. The normalized spacial score (nSPS) is 16.6. The van der Waals surface area contributed by atoms with Crippen LogP contribution >= 0.6 is 11.3 Å². The molecule has 5 heteroatoms. The minimum Gasteiger partial charge on any atom is -0.249 e. The van der Waals surface area contributed by atoms with Gasteiger partial charge in [0.2, 0.25) is 0 Å². The maximum absolute atomic E-state index is 9.30. The van der Waals surface area contributed by atoms with Gasteiger partial charge in [-0.15, -0.1) is 11.3 Å². The molecule has 0 aromatic carbocycles. The third-order valence-corrected chi connectivity index (χ3v) is 4.87. The second-order valence-corrected chi connectivity index (χ2v) is 6.29. The van der Waals surface area contributed by atoms with Crippen molar-refractivity contribution in [3.8, 4) is 6.07 Å². The topological polar surface area (TPSA) is 62.5 Å².